The third-order valence-corrected chi connectivity index (χ3v) is 4.82. The van der Waals surface area contributed by atoms with Crippen molar-refractivity contribution in [2.75, 3.05) is 32.1 Å². The van der Waals surface area contributed by atoms with Gasteiger partial charge in [0.05, 0.1) is 0 Å². The summed E-state index contributed by atoms with van der Waals surface area (Å²) in [5.41, 5.74) is 6.37. The first kappa shape index (κ1) is 13.3. The molecule has 1 saturated carbocycles. The molecule has 0 aromatic carbocycles. The molecule has 1 fully saturated rings. The van der Waals surface area contributed by atoms with Gasteiger partial charge in [0.1, 0.15) is 0 Å². The van der Waals surface area contributed by atoms with Crippen LogP contribution in [0.3, 0.4) is 0 Å². The first-order valence-corrected chi connectivity index (χ1v) is 7.42. The lowest BCUT2D eigenvalue weighted by atomic mass is 9.66. The third kappa shape index (κ3) is 3.65. The molecule has 15 heavy (non-hydrogen) atoms. The van der Waals surface area contributed by atoms with Crippen molar-refractivity contribution in [1.29, 1.82) is 0 Å². The summed E-state index contributed by atoms with van der Waals surface area (Å²) in [5.74, 6) is 1.23. The number of hydrogen-bond acceptors (Lipinski definition) is 3. The predicted octanol–water partition coefficient (Wildman–Crippen LogP) is 2.19. The quantitative estimate of drug-likeness (QED) is 0.727. The Bertz CT molecular complexity index is 175. The van der Waals surface area contributed by atoms with Gasteiger partial charge in [0.15, 0.2) is 0 Å². The molecule has 0 amide bonds. The molecule has 1 aliphatic carbocycles. The molecule has 0 aliphatic heterocycles. The summed E-state index contributed by atoms with van der Waals surface area (Å²) in [6.07, 6.45) is 7.57. The van der Waals surface area contributed by atoms with Crippen LogP contribution in [0.15, 0.2) is 0 Å². The maximum absolute atomic E-state index is 5.87. The third-order valence-electron chi connectivity index (χ3n) is 4.00. The van der Waals surface area contributed by atoms with Crippen molar-refractivity contribution in [2.24, 2.45) is 11.1 Å². The molecule has 1 atom stereocenters. The van der Waals surface area contributed by atoms with Gasteiger partial charge in [-0.25, -0.2) is 0 Å². The van der Waals surface area contributed by atoms with Crippen LogP contribution < -0.4 is 5.73 Å². The Balaban J connectivity index is 2.23. The lowest BCUT2D eigenvalue weighted by Crippen LogP contribution is -2.41. The first-order chi connectivity index (χ1) is 7.13. The van der Waals surface area contributed by atoms with Crippen LogP contribution in [0.5, 0.6) is 0 Å². The lowest BCUT2D eigenvalue weighted by molar-refractivity contribution is 0.106. The van der Waals surface area contributed by atoms with Gasteiger partial charge in [0.25, 0.3) is 0 Å². The van der Waals surface area contributed by atoms with E-state index in [0.29, 0.717) is 11.5 Å². The molecular weight excluding hydrogens is 204 g/mol. The van der Waals surface area contributed by atoms with Crippen LogP contribution in [-0.2, 0) is 0 Å². The minimum Gasteiger partial charge on any atom is -0.330 e. The monoisotopic (exact) mass is 230 g/mol. The second-order valence-electron chi connectivity index (χ2n) is 5.09. The smallest absolute Gasteiger partial charge is 0.0154 e. The number of nitrogens with two attached hydrogens (primary N) is 1. The molecule has 0 aromatic rings. The van der Waals surface area contributed by atoms with Gasteiger partial charge in [-0.2, -0.15) is 11.8 Å². The van der Waals surface area contributed by atoms with E-state index < -0.39 is 0 Å². The van der Waals surface area contributed by atoms with Crippen LogP contribution in [0.2, 0.25) is 0 Å². The molecule has 0 spiro atoms. The van der Waals surface area contributed by atoms with Gasteiger partial charge in [-0.1, -0.05) is 6.42 Å². The molecular formula is C12H26N2S. The van der Waals surface area contributed by atoms with Gasteiger partial charge in [-0.05, 0) is 58.0 Å². The molecule has 90 valence electrons. The van der Waals surface area contributed by atoms with Crippen molar-refractivity contribution in [3.05, 3.63) is 0 Å². The fraction of sp³-hybridized carbons (Fsp3) is 1.00. The molecule has 2 N–H and O–H groups in total. The average Bonchev–Trinajstić information content (AvgIpc) is 2.17. The molecule has 0 radical (unpaired) electrons. The Hall–Kier alpha value is 0.270. The van der Waals surface area contributed by atoms with Crippen LogP contribution >= 0.6 is 11.8 Å². The summed E-state index contributed by atoms with van der Waals surface area (Å²) in [5, 5.41) is 0. The molecule has 1 rings (SSSR count). The predicted molar refractivity (Wildman–Crippen MR) is 70.4 cm³/mol. The van der Waals surface area contributed by atoms with Gasteiger partial charge < -0.3 is 10.6 Å². The van der Waals surface area contributed by atoms with Crippen molar-refractivity contribution < 1.29 is 0 Å². The fourth-order valence-corrected chi connectivity index (χ4v) is 2.97. The van der Waals surface area contributed by atoms with E-state index in [-0.39, 0.29) is 0 Å². The van der Waals surface area contributed by atoms with Crippen molar-refractivity contribution in [3.63, 3.8) is 0 Å². The highest BCUT2D eigenvalue weighted by atomic mass is 32.2. The lowest BCUT2D eigenvalue weighted by Gasteiger charge is -2.42. The number of nitrogens with zero attached hydrogens (tertiary/aromatic N) is 1. The van der Waals surface area contributed by atoms with E-state index in [2.05, 4.69) is 25.1 Å². The summed E-state index contributed by atoms with van der Waals surface area (Å²) in [6, 6.07) is 0.690. The van der Waals surface area contributed by atoms with E-state index in [1.54, 1.807) is 0 Å². The van der Waals surface area contributed by atoms with Crippen molar-refractivity contribution in [1.82, 2.24) is 4.90 Å². The highest BCUT2D eigenvalue weighted by molar-refractivity contribution is 7.98. The van der Waals surface area contributed by atoms with Gasteiger partial charge >= 0.3 is 0 Å². The minimum absolute atomic E-state index is 0.507. The summed E-state index contributed by atoms with van der Waals surface area (Å²) >= 11 is 1.93. The molecule has 0 heterocycles. The molecule has 0 aromatic heterocycles. The van der Waals surface area contributed by atoms with Gasteiger partial charge in [0, 0.05) is 11.8 Å². The van der Waals surface area contributed by atoms with Crippen LogP contribution in [0.4, 0.5) is 0 Å². The largest absolute Gasteiger partial charge is 0.330 e. The van der Waals surface area contributed by atoms with E-state index in [1.807, 2.05) is 11.8 Å². The van der Waals surface area contributed by atoms with E-state index in [1.165, 1.54) is 38.0 Å². The van der Waals surface area contributed by atoms with E-state index >= 15 is 0 Å². The van der Waals surface area contributed by atoms with Crippen LogP contribution in [0, 0.1) is 5.41 Å². The Morgan fingerprint density at radius 2 is 2.13 bits per heavy atom. The standard InChI is InChI=1S/C12H26N2S/c1-11(9-15-3)14(2)8-7-12(10-13)5-4-6-12/h11H,4-10,13H2,1-3H3. The second-order valence-corrected chi connectivity index (χ2v) is 6.00. The maximum Gasteiger partial charge on any atom is 0.0154 e. The molecule has 1 unspecified atom stereocenters. The van der Waals surface area contributed by atoms with Crippen molar-refractivity contribution >= 4 is 11.8 Å². The SMILES string of the molecule is CSCC(C)N(C)CCC1(CN)CCC1. The van der Waals surface area contributed by atoms with Crippen molar-refractivity contribution in [3.8, 4) is 0 Å². The summed E-state index contributed by atoms with van der Waals surface area (Å²) in [7, 11) is 2.24. The first-order valence-electron chi connectivity index (χ1n) is 6.03. The molecule has 2 nitrogen and oxygen atoms in total. The zero-order chi connectivity index (χ0) is 11.3. The number of rotatable bonds is 7. The Morgan fingerprint density at radius 3 is 2.53 bits per heavy atom. The minimum atomic E-state index is 0.507. The highest BCUT2D eigenvalue weighted by Gasteiger charge is 2.35. The topological polar surface area (TPSA) is 29.3 Å². The van der Waals surface area contributed by atoms with Gasteiger partial charge in [0.2, 0.25) is 0 Å². The number of thioether (sulfide) groups is 1. The maximum atomic E-state index is 5.87. The number of hydrogen-bond donors (Lipinski definition) is 1. The summed E-state index contributed by atoms with van der Waals surface area (Å²) < 4.78 is 0. The molecule has 1 aliphatic rings. The van der Waals surface area contributed by atoms with Crippen LogP contribution in [0.25, 0.3) is 0 Å². The molecule has 3 heteroatoms. The van der Waals surface area contributed by atoms with Gasteiger partial charge in [-0.15, -0.1) is 0 Å². The fourth-order valence-electron chi connectivity index (χ4n) is 2.24. The Morgan fingerprint density at radius 1 is 1.47 bits per heavy atom. The van der Waals surface area contributed by atoms with E-state index in [4.69, 9.17) is 5.73 Å². The zero-order valence-corrected chi connectivity index (χ0v) is 11.3. The molecule has 0 saturated heterocycles. The van der Waals surface area contributed by atoms with E-state index in [0.717, 1.165) is 6.54 Å². The highest BCUT2D eigenvalue weighted by Crippen LogP contribution is 2.42. The zero-order valence-electron chi connectivity index (χ0n) is 10.5. The van der Waals surface area contributed by atoms with Crippen molar-refractivity contribution in [2.45, 2.75) is 38.6 Å². The normalized spacial score (nSPS) is 21.4. The van der Waals surface area contributed by atoms with Crippen LogP contribution in [-0.4, -0.2) is 43.1 Å². The van der Waals surface area contributed by atoms with E-state index in [9.17, 15) is 0 Å². The summed E-state index contributed by atoms with van der Waals surface area (Å²) in [4.78, 5) is 2.48. The second kappa shape index (κ2) is 6.12. The van der Waals surface area contributed by atoms with Crippen LogP contribution in [0.1, 0.15) is 32.6 Å². The summed E-state index contributed by atoms with van der Waals surface area (Å²) in [6.45, 7) is 4.41. The Labute approximate surface area is 99.0 Å². The van der Waals surface area contributed by atoms with Gasteiger partial charge in [-0.3, -0.25) is 0 Å². The average molecular weight is 230 g/mol. The Kier molecular flexibility index (Phi) is 5.44. The molecule has 0 bridgehead atoms.